The fraction of sp³-hybridized carbons (Fsp3) is 0.833. The van der Waals surface area contributed by atoms with Gasteiger partial charge in [-0.2, -0.15) is 0 Å². The molecule has 0 saturated carbocycles. The number of imide groups is 1. The van der Waals surface area contributed by atoms with Crippen LogP contribution >= 0.6 is 11.8 Å². The number of nitrogens with zero attached hydrogens (tertiary/aromatic N) is 1. The first-order valence-electron chi connectivity index (χ1n) is 6.71. The Hall–Kier alpha value is -0.710. The van der Waals surface area contributed by atoms with Gasteiger partial charge in [0.15, 0.2) is 0 Å². The van der Waals surface area contributed by atoms with Gasteiger partial charge in [0, 0.05) is 25.1 Å². The van der Waals surface area contributed by atoms with Crippen molar-refractivity contribution in [2.24, 2.45) is 0 Å². The second kappa shape index (κ2) is 7.03. The summed E-state index contributed by atoms with van der Waals surface area (Å²) in [6.45, 7) is -0.275. The van der Waals surface area contributed by atoms with E-state index in [1.807, 2.05) is 0 Å². The van der Waals surface area contributed by atoms with E-state index in [1.165, 1.54) is 0 Å². The lowest BCUT2D eigenvalue weighted by Gasteiger charge is -2.39. The van der Waals surface area contributed by atoms with Crippen molar-refractivity contribution < 1.29 is 34.8 Å². The van der Waals surface area contributed by atoms with Crippen molar-refractivity contribution in [2.75, 3.05) is 18.9 Å². The molecule has 4 N–H and O–H groups in total. The maximum Gasteiger partial charge on any atom is 0.229 e. The van der Waals surface area contributed by atoms with E-state index in [0.29, 0.717) is 5.75 Å². The third kappa shape index (κ3) is 3.55. The molecule has 2 aliphatic rings. The normalized spacial score (nSPS) is 37.3. The van der Waals surface area contributed by atoms with Gasteiger partial charge >= 0.3 is 0 Å². The van der Waals surface area contributed by atoms with Gasteiger partial charge in [0.25, 0.3) is 0 Å². The van der Waals surface area contributed by atoms with Crippen molar-refractivity contribution in [3.63, 3.8) is 0 Å². The number of carbonyl (C=O) groups is 2. The summed E-state index contributed by atoms with van der Waals surface area (Å²) in [5.74, 6) is -0.0935. The van der Waals surface area contributed by atoms with Gasteiger partial charge in [-0.15, -0.1) is 11.8 Å². The highest BCUT2D eigenvalue weighted by Crippen LogP contribution is 2.28. The van der Waals surface area contributed by atoms with Crippen LogP contribution in [0.2, 0.25) is 0 Å². The molecule has 2 saturated heterocycles. The molecule has 0 spiro atoms. The van der Waals surface area contributed by atoms with Crippen molar-refractivity contribution in [1.82, 2.24) is 4.90 Å². The van der Waals surface area contributed by atoms with E-state index in [9.17, 15) is 24.9 Å². The first-order valence-corrected chi connectivity index (χ1v) is 7.76. The summed E-state index contributed by atoms with van der Waals surface area (Å²) >= 11 is 1.12. The van der Waals surface area contributed by atoms with Crippen molar-refractivity contribution >= 4 is 23.6 Å². The highest BCUT2D eigenvalue weighted by atomic mass is 32.2. The lowest BCUT2D eigenvalue weighted by molar-refractivity contribution is -0.205. The van der Waals surface area contributed by atoms with Gasteiger partial charge < -0.3 is 25.2 Å². The van der Waals surface area contributed by atoms with Crippen LogP contribution in [0.25, 0.3) is 0 Å². The molecule has 2 aliphatic heterocycles. The Morgan fingerprint density at radius 2 is 1.71 bits per heavy atom. The molecule has 21 heavy (non-hydrogen) atoms. The molecular weight excluding hydrogens is 302 g/mol. The second-order valence-corrected chi connectivity index (χ2v) is 6.21. The number of likely N-dealkylation sites (tertiary alicyclic amines) is 1. The van der Waals surface area contributed by atoms with Gasteiger partial charge in [-0.3, -0.25) is 14.5 Å². The highest BCUT2D eigenvalue weighted by molar-refractivity contribution is 7.99. The van der Waals surface area contributed by atoms with Gasteiger partial charge in [-0.25, -0.2) is 0 Å². The molecule has 0 unspecified atom stereocenters. The average Bonchev–Trinajstić information content (AvgIpc) is 2.79. The summed E-state index contributed by atoms with van der Waals surface area (Å²) < 4.78 is 5.31. The Labute approximate surface area is 125 Å². The van der Waals surface area contributed by atoms with E-state index >= 15 is 0 Å². The Morgan fingerprint density at radius 1 is 1.10 bits per heavy atom. The average molecular weight is 321 g/mol. The number of amides is 2. The fourth-order valence-corrected chi connectivity index (χ4v) is 3.44. The minimum Gasteiger partial charge on any atom is -0.394 e. The lowest BCUT2D eigenvalue weighted by Crippen LogP contribution is -2.57. The third-order valence-corrected chi connectivity index (χ3v) is 4.74. The highest BCUT2D eigenvalue weighted by Gasteiger charge is 2.43. The Bertz CT molecular complexity index is 389. The minimum atomic E-state index is -1.41. The predicted octanol–water partition coefficient (Wildman–Crippen LogP) is -2.33. The minimum absolute atomic E-state index is 0.206. The molecule has 0 aromatic rings. The molecule has 2 amide bonds. The Kier molecular flexibility index (Phi) is 5.58. The Morgan fingerprint density at radius 3 is 2.29 bits per heavy atom. The predicted molar refractivity (Wildman–Crippen MR) is 72.2 cm³/mol. The van der Waals surface area contributed by atoms with E-state index in [-0.39, 0.29) is 31.2 Å². The van der Waals surface area contributed by atoms with E-state index in [1.54, 1.807) is 0 Å². The van der Waals surface area contributed by atoms with Crippen LogP contribution < -0.4 is 0 Å². The number of thioether (sulfide) groups is 1. The molecule has 2 fully saturated rings. The first-order chi connectivity index (χ1) is 9.95. The van der Waals surface area contributed by atoms with Crippen LogP contribution in [0.3, 0.4) is 0 Å². The summed E-state index contributed by atoms with van der Waals surface area (Å²) in [6, 6.07) is 0. The molecule has 9 heteroatoms. The van der Waals surface area contributed by atoms with Gasteiger partial charge in [0.05, 0.1) is 6.61 Å². The van der Waals surface area contributed by atoms with E-state index in [4.69, 9.17) is 9.84 Å². The number of aliphatic hydroxyl groups is 4. The van der Waals surface area contributed by atoms with Gasteiger partial charge in [-0.1, -0.05) is 0 Å². The Balaban J connectivity index is 1.84. The maximum atomic E-state index is 11.4. The molecule has 5 atom stereocenters. The van der Waals surface area contributed by atoms with Crippen LogP contribution in [0.5, 0.6) is 0 Å². The largest absolute Gasteiger partial charge is 0.394 e. The molecule has 2 heterocycles. The van der Waals surface area contributed by atoms with Gasteiger partial charge in [0.1, 0.15) is 29.9 Å². The summed E-state index contributed by atoms with van der Waals surface area (Å²) in [5, 5.41) is 38.2. The summed E-state index contributed by atoms with van der Waals surface area (Å²) in [6.07, 6.45) is -4.60. The molecule has 0 aliphatic carbocycles. The quantitative estimate of drug-likeness (QED) is 0.415. The van der Waals surface area contributed by atoms with Crippen LogP contribution in [0.15, 0.2) is 0 Å². The maximum absolute atomic E-state index is 11.4. The van der Waals surface area contributed by atoms with Crippen molar-refractivity contribution in [3.8, 4) is 0 Å². The summed E-state index contributed by atoms with van der Waals surface area (Å²) in [5.41, 5.74) is -0.839. The van der Waals surface area contributed by atoms with Crippen molar-refractivity contribution in [2.45, 2.75) is 42.7 Å². The first kappa shape index (κ1) is 16.7. The second-order valence-electron chi connectivity index (χ2n) is 5.01. The standard InChI is InChI=1S/C12H19NO7S/c14-5-6-9(17)10(18)11(19)12(20-6)21-4-3-13-7(15)1-2-8(13)16/h6,9-12,14,17-19H,1-5H2/t6-,9-,10+,11+,12+/m1/s1. The third-order valence-electron chi connectivity index (χ3n) is 3.60. The lowest BCUT2D eigenvalue weighted by atomic mass is 10.0. The van der Waals surface area contributed by atoms with Crippen LogP contribution in [-0.4, -0.2) is 85.9 Å². The number of ether oxygens (including phenoxy) is 1. The molecule has 0 radical (unpaired) electrons. The molecule has 0 bridgehead atoms. The molecular formula is C12H19NO7S. The van der Waals surface area contributed by atoms with Crippen LogP contribution in [-0.2, 0) is 14.3 Å². The van der Waals surface area contributed by atoms with Crippen LogP contribution in [0.1, 0.15) is 12.8 Å². The molecule has 0 aromatic carbocycles. The zero-order valence-electron chi connectivity index (χ0n) is 11.3. The number of rotatable bonds is 5. The number of hydrogen-bond donors (Lipinski definition) is 4. The summed E-state index contributed by atoms with van der Waals surface area (Å²) in [7, 11) is 0. The van der Waals surface area contributed by atoms with Crippen LogP contribution in [0, 0.1) is 0 Å². The monoisotopic (exact) mass is 321 g/mol. The van der Waals surface area contributed by atoms with Crippen molar-refractivity contribution in [3.05, 3.63) is 0 Å². The zero-order valence-corrected chi connectivity index (χ0v) is 12.1. The van der Waals surface area contributed by atoms with Gasteiger partial charge in [-0.05, 0) is 0 Å². The van der Waals surface area contributed by atoms with E-state index in [0.717, 1.165) is 16.7 Å². The molecule has 0 aromatic heterocycles. The zero-order chi connectivity index (χ0) is 15.6. The SMILES string of the molecule is O=C1CCC(=O)N1CCS[C@@H]1O[C@H](CO)[C@@H](O)[C@H](O)[C@@H]1O. The smallest absolute Gasteiger partial charge is 0.229 e. The van der Waals surface area contributed by atoms with Gasteiger partial charge in [0.2, 0.25) is 11.8 Å². The number of hydrogen-bond acceptors (Lipinski definition) is 8. The van der Waals surface area contributed by atoms with Crippen molar-refractivity contribution in [1.29, 1.82) is 0 Å². The molecule has 8 nitrogen and oxygen atoms in total. The summed E-state index contributed by atoms with van der Waals surface area (Å²) in [4.78, 5) is 24.0. The van der Waals surface area contributed by atoms with E-state index in [2.05, 4.69) is 0 Å². The fourth-order valence-electron chi connectivity index (χ4n) is 2.34. The van der Waals surface area contributed by atoms with Crippen LogP contribution in [0.4, 0.5) is 0 Å². The molecule has 2 rings (SSSR count). The number of aliphatic hydroxyl groups excluding tert-OH is 4. The molecule has 120 valence electrons. The number of carbonyl (C=O) groups excluding carboxylic acids is 2. The topological polar surface area (TPSA) is 128 Å². The van der Waals surface area contributed by atoms with E-state index < -0.39 is 36.5 Å².